The fourth-order valence-electron chi connectivity index (χ4n) is 3.72. The van der Waals surface area contributed by atoms with Crippen LogP contribution in [0.15, 0.2) is 24.3 Å². The molecule has 10 nitrogen and oxygen atoms in total. The molecule has 208 valence electrons. The van der Waals surface area contributed by atoms with Gasteiger partial charge >= 0.3 is 6.09 Å². The zero-order chi connectivity index (χ0) is 28.6. The second-order valence-corrected chi connectivity index (χ2v) is 10.9. The normalized spacial score (nSPS) is 12.1. The number of hydrogen-bond acceptors (Lipinski definition) is 7. The van der Waals surface area contributed by atoms with E-state index in [-0.39, 0.29) is 24.1 Å². The van der Waals surface area contributed by atoms with Crippen LogP contribution in [0, 0.1) is 5.92 Å². The number of aryl methyl sites for hydroxylation is 1. The van der Waals surface area contributed by atoms with Gasteiger partial charge in [-0.05, 0) is 63.1 Å². The second-order valence-electron chi connectivity index (χ2n) is 10.9. The van der Waals surface area contributed by atoms with Gasteiger partial charge in [-0.25, -0.2) is 14.8 Å². The molecular weight excluding hydrogens is 484 g/mol. The molecule has 0 aliphatic heterocycles. The Morgan fingerprint density at radius 1 is 1.11 bits per heavy atom. The highest BCUT2D eigenvalue weighted by molar-refractivity contribution is 5.96. The van der Waals surface area contributed by atoms with E-state index >= 15 is 0 Å². The van der Waals surface area contributed by atoms with Gasteiger partial charge in [0.2, 0.25) is 5.91 Å². The monoisotopic (exact) mass is 526 g/mol. The van der Waals surface area contributed by atoms with Crippen molar-refractivity contribution >= 4 is 29.4 Å². The Kier molecular flexibility index (Phi) is 10.6. The summed E-state index contributed by atoms with van der Waals surface area (Å²) in [5.74, 6) is -0.240. The van der Waals surface area contributed by atoms with Gasteiger partial charge in [0, 0.05) is 19.3 Å². The third kappa shape index (κ3) is 9.32. The van der Waals surface area contributed by atoms with Gasteiger partial charge in [0.25, 0.3) is 5.91 Å². The minimum Gasteiger partial charge on any atom is -0.444 e. The standard InChI is InChI=1S/C28H42N6O4/c1-9-21-22(13-17(2)3)33-26(24(32-21)25(29)36)31-20-12-10-11-19(14-20)18(4)15-30-23(35)16-34(8)27(37)38-28(5,6)7/h10-12,14,17-18H,9,13,15-16H2,1-8H3,(H2,29,36)(H,30,35)(H,31,33)/t18-/m0/s1. The number of amides is 3. The molecule has 2 aromatic rings. The van der Waals surface area contributed by atoms with Crippen molar-refractivity contribution < 1.29 is 19.1 Å². The lowest BCUT2D eigenvalue weighted by atomic mass is 10.0. The first-order valence-corrected chi connectivity index (χ1v) is 13.0. The van der Waals surface area contributed by atoms with Crippen LogP contribution in [-0.2, 0) is 22.4 Å². The van der Waals surface area contributed by atoms with E-state index < -0.39 is 17.6 Å². The first-order valence-electron chi connectivity index (χ1n) is 13.0. The number of nitrogens with two attached hydrogens (primary N) is 1. The molecule has 38 heavy (non-hydrogen) atoms. The molecule has 0 bridgehead atoms. The number of hydrogen-bond donors (Lipinski definition) is 3. The fraction of sp³-hybridized carbons (Fsp3) is 0.536. The lowest BCUT2D eigenvalue weighted by molar-refractivity contribution is -0.122. The lowest BCUT2D eigenvalue weighted by Gasteiger charge is -2.24. The highest BCUT2D eigenvalue weighted by atomic mass is 16.6. The molecule has 10 heteroatoms. The summed E-state index contributed by atoms with van der Waals surface area (Å²) in [7, 11) is 1.52. The summed E-state index contributed by atoms with van der Waals surface area (Å²) in [6, 6.07) is 7.65. The fourth-order valence-corrected chi connectivity index (χ4v) is 3.72. The molecule has 0 aliphatic rings. The van der Waals surface area contributed by atoms with Crippen LogP contribution >= 0.6 is 0 Å². The average molecular weight is 527 g/mol. The topological polar surface area (TPSA) is 140 Å². The Morgan fingerprint density at radius 2 is 1.79 bits per heavy atom. The minimum atomic E-state index is -0.644. The third-order valence-electron chi connectivity index (χ3n) is 5.63. The molecule has 0 saturated heterocycles. The van der Waals surface area contributed by atoms with E-state index in [0.29, 0.717) is 24.7 Å². The zero-order valence-electron chi connectivity index (χ0n) is 23.8. The number of likely N-dealkylation sites (N-methyl/N-ethyl adjacent to an activating group) is 1. The number of benzene rings is 1. The molecule has 1 aromatic carbocycles. The van der Waals surface area contributed by atoms with Crippen molar-refractivity contribution in [2.45, 2.75) is 72.8 Å². The van der Waals surface area contributed by atoms with Crippen molar-refractivity contribution in [1.82, 2.24) is 20.2 Å². The molecule has 0 radical (unpaired) electrons. The zero-order valence-corrected chi connectivity index (χ0v) is 23.8. The summed E-state index contributed by atoms with van der Waals surface area (Å²) in [5, 5.41) is 6.08. The maximum absolute atomic E-state index is 12.4. The maximum atomic E-state index is 12.4. The van der Waals surface area contributed by atoms with Gasteiger partial charge in [-0.2, -0.15) is 0 Å². The smallest absolute Gasteiger partial charge is 0.410 e. The Morgan fingerprint density at radius 3 is 2.37 bits per heavy atom. The van der Waals surface area contributed by atoms with Gasteiger partial charge in [-0.1, -0.05) is 39.8 Å². The molecule has 0 saturated carbocycles. The number of carbonyl (C=O) groups excluding carboxylic acids is 3. The summed E-state index contributed by atoms with van der Waals surface area (Å²) in [4.78, 5) is 47.1. The molecule has 3 amide bonds. The quantitative estimate of drug-likeness (QED) is 0.399. The van der Waals surface area contributed by atoms with E-state index in [2.05, 4.69) is 29.5 Å². The maximum Gasteiger partial charge on any atom is 0.410 e. The van der Waals surface area contributed by atoms with Crippen LogP contribution < -0.4 is 16.4 Å². The Labute approximate surface area is 225 Å². The Hall–Kier alpha value is -3.69. The van der Waals surface area contributed by atoms with Crippen LogP contribution in [-0.4, -0.2) is 58.5 Å². The van der Waals surface area contributed by atoms with Crippen molar-refractivity contribution in [2.24, 2.45) is 11.7 Å². The van der Waals surface area contributed by atoms with Gasteiger partial charge < -0.3 is 26.0 Å². The number of nitrogens with one attached hydrogen (secondary N) is 2. The molecule has 2 rings (SSSR count). The van der Waals surface area contributed by atoms with Crippen molar-refractivity contribution in [3.8, 4) is 0 Å². The summed E-state index contributed by atoms with van der Waals surface area (Å²) in [5.41, 5.74) is 8.40. The first-order chi connectivity index (χ1) is 17.7. The van der Waals surface area contributed by atoms with Crippen LogP contribution in [0.5, 0.6) is 0 Å². The predicted octanol–water partition coefficient (Wildman–Crippen LogP) is 4.17. The predicted molar refractivity (Wildman–Crippen MR) is 148 cm³/mol. The van der Waals surface area contributed by atoms with Crippen molar-refractivity contribution in [3.05, 3.63) is 46.9 Å². The number of rotatable bonds is 11. The highest BCUT2D eigenvalue weighted by Gasteiger charge is 2.22. The summed E-state index contributed by atoms with van der Waals surface area (Å²) in [6.45, 7) is 13.8. The summed E-state index contributed by atoms with van der Waals surface area (Å²) >= 11 is 0. The largest absolute Gasteiger partial charge is 0.444 e. The van der Waals surface area contributed by atoms with Crippen LogP contribution in [0.3, 0.4) is 0 Å². The van der Waals surface area contributed by atoms with E-state index in [9.17, 15) is 14.4 Å². The van der Waals surface area contributed by atoms with Crippen LogP contribution in [0.4, 0.5) is 16.3 Å². The highest BCUT2D eigenvalue weighted by Crippen LogP contribution is 2.24. The number of carbonyl (C=O) groups is 3. The van der Waals surface area contributed by atoms with E-state index in [1.165, 1.54) is 11.9 Å². The molecule has 0 aliphatic carbocycles. The van der Waals surface area contributed by atoms with Gasteiger partial charge in [0.05, 0.1) is 11.4 Å². The number of primary amides is 1. The van der Waals surface area contributed by atoms with E-state index in [0.717, 1.165) is 29.1 Å². The van der Waals surface area contributed by atoms with Gasteiger partial charge in [-0.3, -0.25) is 9.59 Å². The summed E-state index contributed by atoms with van der Waals surface area (Å²) in [6.07, 6.45) is 0.840. The summed E-state index contributed by atoms with van der Waals surface area (Å²) < 4.78 is 5.28. The van der Waals surface area contributed by atoms with Crippen molar-refractivity contribution in [2.75, 3.05) is 25.5 Å². The van der Waals surface area contributed by atoms with Crippen molar-refractivity contribution in [3.63, 3.8) is 0 Å². The average Bonchev–Trinajstić information content (AvgIpc) is 2.81. The van der Waals surface area contributed by atoms with Gasteiger partial charge in [-0.15, -0.1) is 0 Å². The number of ether oxygens (including phenoxy) is 1. The van der Waals surface area contributed by atoms with E-state index in [4.69, 9.17) is 15.5 Å². The van der Waals surface area contributed by atoms with Gasteiger partial charge in [0.1, 0.15) is 12.1 Å². The molecule has 1 heterocycles. The lowest BCUT2D eigenvalue weighted by Crippen LogP contribution is -2.41. The molecular formula is C28H42N6O4. The number of nitrogens with zero attached hydrogens (tertiary/aromatic N) is 3. The van der Waals surface area contributed by atoms with Crippen molar-refractivity contribution in [1.29, 1.82) is 0 Å². The molecule has 1 atom stereocenters. The third-order valence-corrected chi connectivity index (χ3v) is 5.63. The van der Waals surface area contributed by atoms with Crippen LogP contribution in [0.25, 0.3) is 0 Å². The molecule has 0 unspecified atom stereocenters. The Bertz CT molecular complexity index is 1140. The first kappa shape index (κ1) is 30.5. The van der Waals surface area contributed by atoms with Crippen LogP contribution in [0.1, 0.15) is 81.8 Å². The number of aromatic nitrogens is 2. The molecule has 0 spiro atoms. The SMILES string of the molecule is CCc1nc(C(N)=O)c(Nc2cccc([C@@H](C)CNC(=O)CN(C)C(=O)OC(C)(C)C)c2)nc1CC(C)C. The number of anilines is 2. The van der Waals surface area contributed by atoms with Crippen LogP contribution in [0.2, 0.25) is 0 Å². The van der Waals surface area contributed by atoms with Gasteiger partial charge in [0.15, 0.2) is 11.5 Å². The molecule has 1 aromatic heterocycles. The minimum absolute atomic E-state index is 0.0202. The van der Waals surface area contributed by atoms with E-state index in [1.807, 2.05) is 38.1 Å². The Balaban J connectivity index is 2.11. The molecule has 0 fully saturated rings. The second kappa shape index (κ2) is 13.2. The van der Waals surface area contributed by atoms with E-state index in [1.54, 1.807) is 20.8 Å². The molecule has 4 N–H and O–H groups in total.